The number of benzene rings is 1. The van der Waals surface area contributed by atoms with Gasteiger partial charge in [-0.05, 0) is 55.2 Å². The van der Waals surface area contributed by atoms with Crippen LogP contribution >= 0.6 is 11.3 Å². The maximum atomic E-state index is 11.6. The molecule has 8 heteroatoms. The number of aryl methyl sites for hydroxylation is 2. The van der Waals surface area contributed by atoms with E-state index < -0.39 is 0 Å². The van der Waals surface area contributed by atoms with Crippen LogP contribution in [0.25, 0.3) is 32.6 Å². The Hall–Kier alpha value is -3.52. The molecule has 0 saturated carbocycles. The van der Waals surface area contributed by atoms with E-state index in [1.165, 1.54) is 16.9 Å². The zero-order valence-corrected chi connectivity index (χ0v) is 16.1. The molecule has 142 valence electrons. The van der Waals surface area contributed by atoms with Crippen molar-refractivity contribution in [2.24, 2.45) is 0 Å². The van der Waals surface area contributed by atoms with E-state index in [0.29, 0.717) is 5.82 Å². The van der Waals surface area contributed by atoms with E-state index in [9.17, 15) is 4.79 Å². The van der Waals surface area contributed by atoms with Crippen molar-refractivity contribution in [2.75, 3.05) is 5.32 Å². The molecule has 29 heavy (non-hydrogen) atoms. The molecule has 0 unspecified atom stereocenters. The van der Waals surface area contributed by atoms with Gasteiger partial charge < -0.3 is 15.3 Å². The normalized spacial score (nSPS) is 13.2. The zero-order valence-electron chi connectivity index (χ0n) is 15.3. The number of hydrogen-bond acceptors (Lipinski definition) is 6. The summed E-state index contributed by atoms with van der Waals surface area (Å²) in [7, 11) is 0. The number of thiophene rings is 1. The third-order valence-corrected chi connectivity index (χ3v) is 6.45. The predicted octanol–water partition coefficient (Wildman–Crippen LogP) is 4.16. The lowest BCUT2D eigenvalue weighted by Gasteiger charge is -2.10. The molecule has 1 aromatic carbocycles. The van der Waals surface area contributed by atoms with Gasteiger partial charge in [-0.1, -0.05) is 0 Å². The molecule has 0 saturated heterocycles. The van der Waals surface area contributed by atoms with E-state index in [1.807, 2.05) is 30.3 Å². The third-order valence-electron chi connectivity index (χ3n) is 5.26. The second-order valence-corrected chi connectivity index (χ2v) is 8.22. The zero-order chi connectivity index (χ0) is 19.4. The fourth-order valence-electron chi connectivity index (χ4n) is 3.96. The summed E-state index contributed by atoms with van der Waals surface area (Å²) in [6.07, 6.45) is 6.87. The van der Waals surface area contributed by atoms with Gasteiger partial charge in [-0.2, -0.15) is 0 Å². The van der Waals surface area contributed by atoms with Crippen LogP contribution in [0, 0.1) is 0 Å². The Morgan fingerprint density at radius 2 is 2.00 bits per heavy atom. The molecule has 6 rings (SSSR count). The highest BCUT2D eigenvalue weighted by Crippen LogP contribution is 2.41. The van der Waals surface area contributed by atoms with Crippen molar-refractivity contribution in [3.63, 3.8) is 0 Å². The van der Waals surface area contributed by atoms with E-state index in [-0.39, 0.29) is 5.69 Å². The molecule has 0 fully saturated rings. The minimum absolute atomic E-state index is 0.212. The van der Waals surface area contributed by atoms with Gasteiger partial charge in [0.1, 0.15) is 10.6 Å². The summed E-state index contributed by atoms with van der Waals surface area (Å²) in [5, 5.41) is 4.58. The number of aromatic nitrogens is 5. The number of H-pyrrole nitrogens is 2. The molecule has 1 aliphatic rings. The van der Waals surface area contributed by atoms with Gasteiger partial charge in [-0.25, -0.2) is 14.8 Å². The molecular formula is C21H16N6OS. The van der Waals surface area contributed by atoms with Gasteiger partial charge in [-0.3, -0.25) is 4.98 Å². The van der Waals surface area contributed by atoms with Crippen molar-refractivity contribution in [3.8, 4) is 11.4 Å². The van der Waals surface area contributed by atoms with Crippen LogP contribution in [0.3, 0.4) is 0 Å². The Kier molecular flexibility index (Phi) is 3.54. The van der Waals surface area contributed by atoms with Crippen LogP contribution in [-0.4, -0.2) is 24.9 Å². The number of aromatic amines is 2. The molecule has 0 radical (unpaired) electrons. The number of imidazole rings is 1. The summed E-state index contributed by atoms with van der Waals surface area (Å²) in [5.41, 5.74) is 4.44. The highest BCUT2D eigenvalue weighted by atomic mass is 32.1. The summed E-state index contributed by atoms with van der Waals surface area (Å²) < 4.78 is 0. The molecule has 0 aliphatic heterocycles. The first kappa shape index (κ1) is 16.4. The number of rotatable bonds is 3. The largest absolute Gasteiger partial charge is 0.339 e. The number of nitrogens with one attached hydrogen (secondary N) is 3. The maximum Gasteiger partial charge on any atom is 0.323 e. The van der Waals surface area contributed by atoms with Crippen molar-refractivity contribution < 1.29 is 0 Å². The van der Waals surface area contributed by atoms with Gasteiger partial charge in [0.05, 0.1) is 16.4 Å². The lowest BCUT2D eigenvalue weighted by atomic mass is 10.1. The average Bonchev–Trinajstić information content (AvgIpc) is 3.41. The molecular weight excluding hydrogens is 384 g/mol. The van der Waals surface area contributed by atoms with E-state index in [1.54, 1.807) is 23.7 Å². The highest BCUT2D eigenvalue weighted by molar-refractivity contribution is 7.19. The maximum absolute atomic E-state index is 11.6. The van der Waals surface area contributed by atoms with Gasteiger partial charge in [0.25, 0.3) is 0 Å². The number of hydrogen-bond donors (Lipinski definition) is 3. The first-order valence-electron chi connectivity index (χ1n) is 9.46. The molecule has 7 nitrogen and oxygen atoms in total. The molecule has 1 aliphatic carbocycles. The summed E-state index contributed by atoms with van der Waals surface area (Å²) in [6, 6.07) is 9.60. The lowest BCUT2D eigenvalue weighted by molar-refractivity contribution is 0.917. The van der Waals surface area contributed by atoms with Crippen molar-refractivity contribution in [1.29, 1.82) is 0 Å². The second kappa shape index (κ2) is 6.25. The monoisotopic (exact) mass is 400 g/mol. The van der Waals surface area contributed by atoms with Gasteiger partial charge in [0, 0.05) is 28.5 Å². The Balaban J connectivity index is 1.53. The Morgan fingerprint density at radius 3 is 2.90 bits per heavy atom. The molecule has 0 bridgehead atoms. The van der Waals surface area contributed by atoms with Crippen LogP contribution in [-0.2, 0) is 12.8 Å². The Labute approximate surface area is 168 Å². The Bertz CT molecular complexity index is 1430. The van der Waals surface area contributed by atoms with Gasteiger partial charge in [0.15, 0.2) is 5.82 Å². The lowest BCUT2D eigenvalue weighted by Crippen LogP contribution is -2.00. The van der Waals surface area contributed by atoms with Crippen LogP contribution in [0.15, 0.2) is 47.5 Å². The second-order valence-electron chi connectivity index (χ2n) is 7.14. The summed E-state index contributed by atoms with van der Waals surface area (Å²) >= 11 is 1.76. The standard InChI is InChI=1S/C21H16N6OS/c28-21-24-14-7-6-12(9-15(14)25-21)23-19-17-13-4-1-5-16(13)29-20(17)27-18(26-19)11-3-2-8-22-10-11/h2-3,6-10H,1,4-5H2,(H,23,26,27)(H2,24,25,28). The molecule has 4 heterocycles. The summed E-state index contributed by atoms with van der Waals surface area (Å²) in [6.45, 7) is 0. The first-order chi connectivity index (χ1) is 14.2. The van der Waals surface area contributed by atoms with Gasteiger partial charge in [0.2, 0.25) is 0 Å². The number of nitrogens with zero attached hydrogens (tertiary/aromatic N) is 3. The molecule has 4 aromatic heterocycles. The van der Waals surface area contributed by atoms with E-state index in [2.05, 4.69) is 20.3 Å². The van der Waals surface area contributed by atoms with Crippen LogP contribution in [0.5, 0.6) is 0 Å². The number of fused-ring (bicyclic) bond motifs is 4. The van der Waals surface area contributed by atoms with Crippen LogP contribution in [0.1, 0.15) is 16.9 Å². The quantitative estimate of drug-likeness (QED) is 0.422. The van der Waals surface area contributed by atoms with Gasteiger partial charge >= 0.3 is 5.69 Å². The van der Waals surface area contributed by atoms with Crippen molar-refractivity contribution >= 4 is 44.1 Å². The molecule has 0 amide bonds. The summed E-state index contributed by atoms with van der Waals surface area (Å²) in [4.78, 5) is 33.5. The fraction of sp³-hybridized carbons (Fsp3) is 0.143. The number of pyridine rings is 1. The van der Waals surface area contributed by atoms with Crippen LogP contribution < -0.4 is 11.0 Å². The van der Waals surface area contributed by atoms with E-state index >= 15 is 0 Å². The molecule has 0 spiro atoms. The minimum atomic E-state index is -0.212. The summed E-state index contributed by atoms with van der Waals surface area (Å²) in [5.74, 6) is 1.45. The smallest absolute Gasteiger partial charge is 0.323 e. The minimum Gasteiger partial charge on any atom is -0.339 e. The van der Waals surface area contributed by atoms with Crippen LogP contribution in [0.4, 0.5) is 11.5 Å². The fourth-order valence-corrected chi connectivity index (χ4v) is 5.22. The van der Waals surface area contributed by atoms with Crippen molar-refractivity contribution in [1.82, 2.24) is 24.9 Å². The topological polar surface area (TPSA) is 99.3 Å². The van der Waals surface area contributed by atoms with Crippen LogP contribution in [0.2, 0.25) is 0 Å². The van der Waals surface area contributed by atoms with Crippen molar-refractivity contribution in [2.45, 2.75) is 19.3 Å². The highest BCUT2D eigenvalue weighted by Gasteiger charge is 2.23. The van der Waals surface area contributed by atoms with Crippen molar-refractivity contribution in [3.05, 3.63) is 63.7 Å². The number of anilines is 2. The average molecular weight is 400 g/mol. The van der Waals surface area contributed by atoms with E-state index in [0.717, 1.165) is 51.2 Å². The molecule has 0 atom stereocenters. The van der Waals surface area contributed by atoms with E-state index in [4.69, 9.17) is 9.97 Å². The first-order valence-corrected chi connectivity index (χ1v) is 10.3. The SMILES string of the molecule is O=c1[nH]c2ccc(Nc3nc(-c4cccnc4)nc4sc5c(c34)CCC5)cc2[nH]1. The molecule has 5 aromatic rings. The molecule has 3 N–H and O–H groups in total. The Morgan fingerprint density at radius 1 is 1.07 bits per heavy atom. The third kappa shape index (κ3) is 2.72. The van der Waals surface area contributed by atoms with Gasteiger partial charge in [-0.15, -0.1) is 11.3 Å². The predicted molar refractivity (Wildman–Crippen MR) is 115 cm³/mol.